The summed E-state index contributed by atoms with van der Waals surface area (Å²) in [6.07, 6.45) is 1.50. The summed E-state index contributed by atoms with van der Waals surface area (Å²) >= 11 is 4.69. The molecule has 11 heteroatoms. The summed E-state index contributed by atoms with van der Waals surface area (Å²) < 4.78 is 25.5. The molecule has 0 fully saturated rings. The molecule has 0 atom stereocenters. The average Bonchev–Trinajstić information content (AvgIpc) is 3.01. The van der Waals surface area contributed by atoms with Gasteiger partial charge in [0, 0.05) is 38.9 Å². The van der Waals surface area contributed by atoms with Gasteiger partial charge in [-0.25, -0.2) is 4.39 Å². The second-order valence-corrected chi connectivity index (χ2v) is 10.9. The largest absolute Gasteiger partial charge is 0.497 e. The number of amides is 3. The summed E-state index contributed by atoms with van der Waals surface area (Å²) in [4.78, 5) is 39.3. The number of benzene rings is 4. The standard InChI is InChI=1S/C32H27BrFN3O5S/c1-41-24-16-23(17-25(18-24)42-2)35-30(38)19-43-26-13-11-22(12-14-26)36-32(40)29(15-20-7-9-21(33)10-8-20)37-31(39)27-5-3-4-6-28(27)34/h3-18H,19H2,1-2H3,(H,35,38)(H,36,40)(H,37,39). The van der Waals surface area contributed by atoms with Crippen LogP contribution >= 0.6 is 27.7 Å². The van der Waals surface area contributed by atoms with Crippen LogP contribution in [0, 0.1) is 5.82 Å². The van der Waals surface area contributed by atoms with Gasteiger partial charge in [-0.15, -0.1) is 11.8 Å². The van der Waals surface area contributed by atoms with Gasteiger partial charge in [-0.05, 0) is 60.2 Å². The van der Waals surface area contributed by atoms with Crippen LogP contribution in [-0.2, 0) is 9.59 Å². The minimum atomic E-state index is -0.756. The fourth-order valence-electron chi connectivity index (χ4n) is 3.78. The summed E-state index contributed by atoms with van der Waals surface area (Å²) in [5, 5.41) is 8.11. The molecule has 0 bridgehead atoms. The van der Waals surface area contributed by atoms with Crippen molar-refractivity contribution >= 4 is 62.9 Å². The summed E-state index contributed by atoms with van der Waals surface area (Å²) in [5.41, 5.74) is 1.41. The van der Waals surface area contributed by atoms with E-state index in [1.807, 2.05) is 0 Å². The van der Waals surface area contributed by atoms with Crippen LogP contribution in [0.1, 0.15) is 15.9 Å². The molecule has 0 saturated heterocycles. The molecule has 8 nitrogen and oxygen atoms in total. The molecule has 0 aliphatic heterocycles. The zero-order valence-corrected chi connectivity index (χ0v) is 25.6. The van der Waals surface area contributed by atoms with E-state index in [0.29, 0.717) is 28.4 Å². The first-order chi connectivity index (χ1) is 20.7. The number of carbonyl (C=O) groups is 3. The van der Waals surface area contributed by atoms with Crippen LogP contribution in [0.4, 0.5) is 15.8 Å². The number of halogens is 2. The number of rotatable bonds is 11. The monoisotopic (exact) mass is 663 g/mol. The Bertz CT molecular complexity index is 1620. The van der Waals surface area contributed by atoms with Crippen LogP contribution in [-0.4, -0.2) is 37.7 Å². The predicted molar refractivity (Wildman–Crippen MR) is 170 cm³/mol. The van der Waals surface area contributed by atoms with E-state index in [0.717, 1.165) is 9.37 Å². The molecule has 0 radical (unpaired) electrons. The van der Waals surface area contributed by atoms with Gasteiger partial charge < -0.3 is 25.4 Å². The third-order valence-corrected chi connectivity index (χ3v) is 7.45. The van der Waals surface area contributed by atoms with Gasteiger partial charge in [0.1, 0.15) is 23.0 Å². The number of hydrogen-bond acceptors (Lipinski definition) is 6. The van der Waals surface area contributed by atoms with Gasteiger partial charge in [-0.2, -0.15) is 0 Å². The maximum absolute atomic E-state index is 14.2. The summed E-state index contributed by atoms with van der Waals surface area (Å²) in [5.74, 6) is -1.01. The first kappa shape index (κ1) is 31.3. The zero-order chi connectivity index (χ0) is 30.8. The summed E-state index contributed by atoms with van der Waals surface area (Å²) in [7, 11) is 3.06. The predicted octanol–water partition coefficient (Wildman–Crippen LogP) is 6.75. The normalized spacial score (nSPS) is 10.9. The van der Waals surface area contributed by atoms with Crippen molar-refractivity contribution in [3.05, 3.63) is 118 Å². The minimum absolute atomic E-state index is 0.0696. The highest BCUT2D eigenvalue weighted by Gasteiger charge is 2.17. The smallest absolute Gasteiger partial charge is 0.272 e. The molecule has 4 rings (SSSR count). The van der Waals surface area contributed by atoms with Crippen molar-refractivity contribution in [3.8, 4) is 11.5 Å². The second-order valence-electron chi connectivity index (χ2n) is 8.96. The van der Waals surface area contributed by atoms with E-state index in [4.69, 9.17) is 9.47 Å². The molecule has 4 aromatic rings. The first-order valence-electron chi connectivity index (χ1n) is 12.8. The van der Waals surface area contributed by atoms with Gasteiger partial charge in [-0.3, -0.25) is 14.4 Å². The maximum atomic E-state index is 14.2. The molecule has 0 aliphatic carbocycles. The second kappa shape index (κ2) is 15.0. The number of carbonyl (C=O) groups excluding carboxylic acids is 3. The van der Waals surface area contributed by atoms with Crippen LogP contribution in [0.2, 0.25) is 0 Å². The minimum Gasteiger partial charge on any atom is -0.497 e. The lowest BCUT2D eigenvalue weighted by Gasteiger charge is -2.12. The Balaban J connectivity index is 1.40. The molecule has 4 aromatic carbocycles. The number of hydrogen-bond donors (Lipinski definition) is 3. The molecule has 3 amide bonds. The Hall–Kier alpha value is -4.61. The van der Waals surface area contributed by atoms with E-state index in [2.05, 4.69) is 31.9 Å². The lowest BCUT2D eigenvalue weighted by Crippen LogP contribution is -2.31. The Morgan fingerprint density at radius 3 is 2.12 bits per heavy atom. The van der Waals surface area contributed by atoms with Crippen molar-refractivity contribution in [1.29, 1.82) is 0 Å². The molecule has 0 aliphatic rings. The van der Waals surface area contributed by atoms with Crippen molar-refractivity contribution in [2.75, 3.05) is 30.6 Å². The number of nitrogens with one attached hydrogen (secondary N) is 3. The lowest BCUT2D eigenvalue weighted by atomic mass is 10.1. The number of anilines is 2. The molecule has 0 heterocycles. The van der Waals surface area contributed by atoms with E-state index < -0.39 is 17.6 Å². The SMILES string of the molecule is COc1cc(NC(=O)CSc2ccc(NC(=O)C(=Cc3ccc(Br)cc3)NC(=O)c3ccccc3F)cc2)cc(OC)c1. The highest BCUT2D eigenvalue weighted by atomic mass is 79.9. The van der Waals surface area contributed by atoms with Gasteiger partial charge in [0.05, 0.1) is 25.5 Å². The van der Waals surface area contributed by atoms with E-state index in [1.165, 1.54) is 56.3 Å². The van der Waals surface area contributed by atoms with Crippen molar-refractivity contribution in [1.82, 2.24) is 5.32 Å². The molecule has 3 N–H and O–H groups in total. The Labute approximate surface area is 260 Å². The van der Waals surface area contributed by atoms with Crippen LogP contribution < -0.4 is 25.4 Å². The third kappa shape index (κ3) is 9.19. The van der Waals surface area contributed by atoms with Crippen LogP contribution in [0.5, 0.6) is 11.5 Å². The Morgan fingerprint density at radius 1 is 0.837 bits per heavy atom. The van der Waals surface area contributed by atoms with Gasteiger partial charge in [0.25, 0.3) is 11.8 Å². The summed E-state index contributed by atoms with van der Waals surface area (Å²) in [6, 6.07) is 24.6. The van der Waals surface area contributed by atoms with Gasteiger partial charge in [0.15, 0.2) is 0 Å². The van der Waals surface area contributed by atoms with Gasteiger partial charge in [0.2, 0.25) is 5.91 Å². The zero-order valence-electron chi connectivity index (χ0n) is 23.2. The Kier molecular flexibility index (Phi) is 11.0. The highest BCUT2D eigenvalue weighted by molar-refractivity contribution is 9.10. The molecule has 0 spiro atoms. The fraction of sp³-hybridized carbons (Fsp3) is 0.0938. The summed E-state index contributed by atoms with van der Waals surface area (Å²) in [6.45, 7) is 0. The molecule has 0 unspecified atom stereocenters. The maximum Gasteiger partial charge on any atom is 0.272 e. The number of ether oxygens (including phenoxy) is 2. The van der Waals surface area contributed by atoms with Crippen LogP contribution in [0.15, 0.2) is 106 Å². The molecular weight excluding hydrogens is 637 g/mol. The number of methoxy groups -OCH3 is 2. The quantitative estimate of drug-likeness (QED) is 0.121. The molecule has 220 valence electrons. The van der Waals surface area contributed by atoms with E-state index in [9.17, 15) is 18.8 Å². The van der Waals surface area contributed by atoms with Crippen LogP contribution in [0.25, 0.3) is 6.08 Å². The Morgan fingerprint density at radius 2 is 1.49 bits per heavy atom. The van der Waals surface area contributed by atoms with E-state index in [-0.39, 0.29) is 22.9 Å². The van der Waals surface area contributed by atoms with E-state index >= 15 is 0 Å². The number of thioether (sulfide) groups is 1. The van der Waals surface area contributed by atoms with Gasteiger partial charge in [-0.1, -0.05) is 40.2 Å². The molecule has 0 aromatic heterocycles. The van der Waals surface area contributed by atoms with Crippen molar-refractivity contribution in [2.45, 2.75) is 4.90 Å². The topological polar surface area (TPSA) is 106 Å². The average molecular weight is 665 g/mol. The lowest BCUT2D eigenvalue weighted by molar-refractivity contribution is -0.114. The van der Waals surface area contributed by atoms with E-state index in [1.54, 1.807) is 66.7 Å². The fourth-order valence-corrected chi connectivity index (χ4v) is 4.74. The van der Waals surface area contributed by atoms with Gasteiger partial charge >= 0.3 is 0 Å². The van der Waals surface area contributed by atoms with Crippen LogP contribution in [0.3, 0.4) is 0 Å². The van der Waals surface area contributed by atoms with Crippen molar-refractivity contribution < 1.29 is 28.2 Å². The molecular formula is C32H27BrFN3O5S. The van der Waals surface area contributed by atoms with Crippen molar-refractivity contribution in [2.24, 2.45) is 0 Å². The molecule has 43 heavy (non-hydrogen) atoms. The third-order valence-electron chi connectivity index (χ3n) is 5.91. The highest BCUT2D eigenvalue weighted by Crippen LogP contribution is 2.27. The van der Waals surface area contributed by atoms with Crippen molar-refractivity contribution in [3.63, 3.8) is 0 Å². The molecule has 0 saturated carbocycles. The first-order valence-corrected chi connectivity index (χ1v) is 14.6.